The van der Waals surface area contributed by atoms with Gasteiger partial charge in [-0.1, -0.05) is 0 Å². The quantitative estimate of drug-likeness (QED) is 0.772. The van der Waals surface area contributed by atoms with E-state index in [0.717, 1.165) is 11.4 Å². The molecule has 0 amide bonds. The van der Waals surface area contributed by atoms with Gasteiger partial charge in [0.2, 0.25) is 0 Å². The fraction of sp³-hybridized carbons (Fsp3) is 0.200. The van der Waals surface area contributed by atoms with Gasteiger partial charge in [-0.05, 0) is 19.1 Å². The Kier molecular flexibility index (Phi) is 2.28. The summed E-state index contributed by atoms with van der Waals surface area (Å²) in [6.07, 6.45) is 7.14. The predicted molar refractivity (Wildman–Crippen MR) is 54.0 cm³/mol. The monoisotopic (exact) mass is 188 g/mol. The summed E-state index contributed by atoms with van der Waals surface area (Å²) in [6.45, 7) is 1.92. The first-order valence-corrected chi connectivity index (χ1v) is 4.47. The van der Waals surface area contributed by atoms with Gasteiger partial charge in [0.05, 0.1) is 23.9 Å². The molecule has 72 valence electrons. The molecular formula is C10H12N4. The average Bonchev–Trinajstić information content (AvgIpc) is 2.71. The van der Waals surface area contributed by atoms with E-state index in [1.165, 1.54) is 0 Å². The van der Waals surface area contributed by atoms with Crippen LogP contribution in [0.15, 0.2) is 37.1 Å². The molecule has 2 aromatic rings. The van der Waals surface area contributed by atoms with Gasteiger partial charge in [0, 0.05) is 18.4 Å². The molecule has 0 aliphatic rings. The molecule has 1 atom stereocenters. The smallest absolute Gasteiger partial charge is 0.0992 e. The lowest BCUT2D eigenvalue weighted by molar-refractivity contribution is 0.779. The Hall–Kier alpha value is -1.68. The first-order valence-electron chi connectivity index (χ1n) is 4.47. The molecule has 0 aliphatic heterocycles. The zero-order valence-corrected chi connectivity index (χ0v) is 7.96. The van der Waals surface area contributed by atoms with Crippen molar-refractivity contribution < 1.29 is 0 Å². The minimum atomic E-state index is -0.0214. The number of aromatic nitrogens is 3. The van der Waals surface area contributed by atoms with Crippen molar-refractivity contribution >= 4 is 0 Å². The molecule has 4 heteroatoms. The van der Waals surface area contributed by atoms with Crippen LogP contribution in [-0.2, 0) is 0 Å². The Morgan fingerprint density at radius 1 is 1.43 bits per heavy atom. The molecule has 0 unspecified atom stereocenters. The average molecular weight is 188 g/mol. The van der Waals surface area contributed by atoms with Gasteiger partial charge in [-0.25, -0.2) is 4.98 Å². The molecule has 0 aromatic carbocycles. The Balaban J connectivity index is 2.31. The van der Waals surface area contributed by atoms with Crippen LogP contribution < -0.4 is 5.73 Å². The van der Waals surface area contributed by atoms with E-state index in [4.69, 9.17) is 5.73 Å². The highest BCUT2D eigenvalue weighted by Gasteiger charge is 2.01. The molecule has 0 saturated carbocycles. The maximum Gasteiger partial charge on any atom is 0.0992 e. The number of imidazole rings is 1. The van der Waals surface area contributed by atoms with E-state index >= 15 is 0 Å². The topological polar surface area (TPSA) is 56.7 Å². The van der Waals surface area contributed by atoms with E-state index in [9.17, 15) is 0 Å². The number of nitrogens with two attached hydrogens (primary N) is 1. The van der Waals surface area contributed by atoms with Crippen molar-refractivity contribution in [2.75, 3.05) is 0 Å². The Bertz CT molecular complexity index is 389. The molecule has 0 radical (unpaired) electrons. The van der Waals surface area contributed by atoms with E-state index in [1.807, 2.05) is 29.8 Å². The zero-order valence-electron chi connectivity index (χ0n) is 7.96. The highest BCUT2D eigenvalue weighted by molar-refractivity contribution is 5.29. The first-order chi connectivity index (χ1) is 6.77. The fourth-order valence-electron chi connectivity index (χ4n) is 1.23. The van der Waals surface area contributed by atoms with Gasteiger partial charge >= 0.3 is 0 Å². The summed E-state index contributed by atoms with van der Waals surface area (Å²) in [7, 11) is 0. The van der Waals surface area contributed by atoms with E-state index in [1.54, 1.807) is 18.7 Å². The number of nitrogens with zero attached hydrogens (tertiary/aromatic N) is 3. The van der Waals surface area contributed by atoms with Crippen LogP contribution >= 0.6 is 0 Å². The molecule has 2 N–H and O–H groups in total. The third kappa shape index (κ3) is 1.65. The number of pyridine rings is 1. The van der Waals surface area contributed by atoms with Crippen molar-refractivity contribution in [1.82, 2.24) is 14.5 Å². The lowest BCUT2D eigenvalue weighted by Crippen LogP contribution is -2.07. The van der Waals surface area contributed by atoms with E-state index in [2.05, 4.69) is 9.97 Å². The second-order valence-corrected chi connectivity index (χ2v) is 3.20. The highest BCUT2D eigenvalue weighted by Crippen LogP contribution is 2.09. The molecule has 2 rings (SSSR count). The summed E-state index contributed by atoms with van der Waals surface area (Å²) >= 11 is 0. The van der Waals surface area contributed by atoms with Crippen LogP contribution in [0.5, 0.6) is 0 Å². The number of hydrogen-bond acceptors (Lipinski definition) is 3. The first kappa shape index (κ1) is 8.90. The summed E-state index contributed by atoms with van der Waals surface area (Å²) in [6, 6.07) is 3.89. The summed E-state index contributed by atoms with van der Waals surface area (Å²) in [5, 5.41) is 0. The minimum Gasteiger partial charge on any atom is -0.323 e. The van der Waals surface area contributed by atoms with Crippen LogP contribution in [0.2, 0.25) is 0 Å². The molecule has 0 bridgehead atoms. The van der Waals surface area contributed by atoms with Gasteiger partial charge in [0.15, 0.2) is 0 Å². The lowest BCUT2D eigenvalue weighted by Gasteiger charge is -2.05. The van der Waals surface area contributed by atoms with Gasteiger partial charge in [-0.2, -0.15) is 0 Å². The Morgan fingerprint density at radius 2 is 2.29 bits per heavy atom. The normalized spacial score (nSPS) is 12.7. The molecular weight excluding hydrogens is 176 g/mol. The SMILES string of the molecule is C[C@H](N)c1ccc(-n2ccnc2)cn1. The third-order valence-electron chi connectivity index (χ3n) is 2.04. The maximum absolute atomic E-state index is 5.70. The van der Waals surface area contributed by atoms with E-state index < -0.39 is 0 Å². The van der Waals surface area contributed by atoms with Crippen molar-refractivity contribution in [3.05, 3.63) is 42.7 Å². The maximum atomic E-state index is 5.70. The van der Waals surface area contributed by atoms with Crippen molar-refractivity contribution in [3.8, 4) is 5.69 Å². The van der Waals surface area contributed by atoms with Gasteiger partial charge in [0.1, 0.15) is 0 Å². The molecule has 2 aromatic heterocycles. The summed E-state index contributed by atoms with van der Waals surface area (Å²) in [4.78, 5) is 8.23. The molecule has 2 heterocycles. The van der Waals surface area contributed by atoms with Gasteiger partial charge < -0.3 is 10.3 Å². The highest BCUT2D eigenvalue weighted by atomic mass is 15.0. The Morgan fingerprint density at radius 3 is 2.79 bits per heavy atom. The van der Waals surface area contributed by atoms with Gasteiger partial charge in [-0.15, -0.1) is 0 Å². The van der Waals surface area contributed by atoms with Crippen LogP contribution in [0.3, 0.4) is 0 Å². The van der Waals surface area contributed by atoms with Gasteiger partial charge in [0.25, 0.3) is 0 Å². The van der Waals surface area contributed by atoms with Crippen molar-refractivity contribution in [2.24, 2.45) is 5.73 Å². The molecule has 4 nitrogen and oxygen atoms in total. The standard InChI is InChI=1S/C10H12N4/c1-8(11)10-3-2-9(6-13-10)14-5-4-12-7-14/h2-8H,11H2,1H3/t8-/m0/s1. The van der Waals surface area contributed by atoms with Crippen molar-refractivity contribution in [3.63, 3.8) is 0 Å². The second kappa shape index (κ2) is 3.59. The largest absolute Gasteiger partial charge is 0.323 e. The van der Waals surface area contributed by atoms with E-state index in [0.29, 0.717) is 0 Å². The summed E-state index contributed by atoms with van der Waals surface area (Å²) < 4.78 is 1.90. The molecule has 14 heavy (non-hydrogen) atoms. The minimum absolute atomic E-state index is 0.0214. The van der Waals surface area contributed by atoms with Crippen LogP contribution in [0.1, 0.15) is 18.7 Å². The number of hydrogen-bond donors (Lipinski definition) is 1. The summed E-state index contributed by atoms with van der Waals surface area (Å²) in [5.41, 5.74) is 7.59. The fourth-order valence-corrected chi connectivity index (χ4v) is 1.23. The zero-order chi connectivity index (χ0) is 9.97. The number of rotatable bonds is 2. The summed E-state index contributed by atoms with van der Waals surface area (Å²) in [5.74, 6) is 0. The van der Waals surface area contributed by atoms with Crippen LogP contribution in [-0.4, -0.2) is 14.5 Å². The Labute approximate surface area is 82.4 Å². The molecule has 0 aliphatic carbocycles. The third-order valence-corrected chi connectivity index (χ3v) is 2.04. The second-order valence-electron chi connectivity index (χ2n) is 3.20. The van der Waals surface area contributed by atoms with Crippen LogP contribution in [0.25, 0.3) is 5.69 Å². The van der Waals surface area contributed by atoms with Gasteiger partial charge in [-0.3, -0.25) is 4.98 Å². The lowest BCUT2D eigenvalue weighted by atomic mass is 10.2. The predicted octanol–water partition coefficient (Wildman–Crippen LogP) is 1.29. The van der Waals surface area contributed by atoms with Crippen LogP contribution in [0.4, 0.5) is 0 Å². The van der Waals surface area contributed by atoms with Crippen molar-refractivity contribution in [2.45, 2.75) is 13.0 Å². The molecule has 0 fully saturated rings. The van der Waals surface area contributed by atoms with E-state index in [-0.39, 0.29) is 6.04 Å². The van der Waals surface area contributed by atoms with Crippen molar-refractivity contribution in [1.29, 1.82) is 0 Å². The molecule has 0 saturated heterocycles. The molecule has 0 spiro atoms. The van der Waals surface area contributed by atoms with Crippen LogP contribution in [0, 0.1) is 0 Å².